The van der Waals surface area contributed by atoms with E-state index in [1.165, 1.54) is 6.26 Å². The van der Waals surface area contributed by atoms with Crippen LogP contribution in [0.15, 0.2) is 35.1 Å². The van der Waals surface area contributed by atoms with Crippen molar-refractivity contribution in [2.24, 2.45) is 0 Å². The van der Waals surface area contributed by atoms with Gasteiger partial charge in [-0.3, -0.25) is 5.32 Å². The van der Waals surface area contributed by atoms with Crippen molar-refractivity contribution >= 4 is 17.5 Å². The summed E-state index contributed by atoms with van der Waals surface area (Å²) in [5.41, 5.74) is 2.88. The van der Waals surface area contributed by atoms with E-state index in [2.05, 4.69) is 20.3 Å². The fourth-order valence-electron chi connectivity index (χ4n) is 1.42. The van der Waals surface area contributed by atoms with E-state index in [9.17, 15) is 4.79 Å². The molecule has 0 fully saturated rings. The SMILES string of the molecule is Cc1ccc(C)c(NC(=O)Nc2ccon2)c1. The topological polar surface area (TPSA) is 67.2 Å². The van der Waals surface area contributed by atoms with Gasteiger partial charge in [-0.1, -0.05) is 17.3 Å². The maximum Gasteiger partial charge on any atom is 0.324 e. The Hall–Kier alpha value is -2.30. The molecule has 0 aliphatic carbocycles. The number of urea groups is 1. The number of hydrogen-bond donors (Lipinski definition) is 2. The molecule has 1 heterocycles. The molecule has 0 saturated carbocycles. The van der Waals surface area contributed by atoms with Gasteiger partial charge in [0, 0.05) is 11.8 Å². The minimum absolute atomic E-state index is 0.340. The van der Waals surface area contributed by atoms with Crippen LogP contribution < -0.4 is 10.6 Å². The summed E-state index contributed by atoms with van der Waals surface area (Å²) in [5.74, 6) is 0.382. The molecular weight excluding hydrogens is 218 g/mol. The van der Waals surface area contributed by atoms with Gasteiger partial charge < -0.3 is 9.84 Å². The molecule has 5 nitrogen and oxygen atoms in total. The Morgan fingerprint density at radius 2 is 2.06 bits per heavy atom. The van der Waals surface area contributed by atoms with Gasteiger partial charge in [0.15, 0.2) is 5.82 Å². The molecule has 2 aromatic rings. The van der Waals surface area contributed by atoms with Gasteiger partial charge in [-0.15, -0.1) is 0 Å². The molecule has 0 aliphatic heterocycles. The van der Waals surface area contributed by atoms with Gasteiger partial charge in [0.1, 0.15) is 6.26 Å². The molecule has 0 saturated heterocycles. The van der Waals surface area contributed by atoms with Gasteiger partial charge in [-0.2, -0.15) is 0 Å². The summed E-state index contributed by atoms with van der Waals surface area (Å²) < 4.78 is 4.62. The average Bonchev–Trinajstić information content (AvgIpc) is 2.76. The van der Waals surface area contributed by atoms with Crippen LogP contribution in [-0.4, -0.2) is 11.2 Å². The Kier molecular flexibility index (Phi) is 3.09. The summed E-state index contributed by atoms with van der Waals surface area (Å²) in [5, 5.41) is 8.91. The van der Waals surface area contributed by atoms with E-state index in [1.54, 1.807) is 6.07 Å². The first-order chi connectivity index (χ1) is 8.15. The van der Waals surface area contributed by atoms with Gasteiger partial charge in [0.05, 0.1) is 0 Å². The molecule has 0 atom stereocenters. The molecular formula is C12H13N3O2. The van der Waals surface area contributed by atoms with E-state index >= 15 is 0 Å². The smallest absolute Gasteiger partial charge is 0.324 e. The van der Waals surface area contributed by atoms with Crippen LogP contribution in [0.3, 0.4) is 0 Å². The average molecular weight is 231 g/mol. The predicted octanol–water partition coefficient (Wildman–Crippen LogP) is 2.94. The van der Waals surface area contributed by atoms with Crippen molar-refractivity contribution in [3.63, 3.8) is 0 Å². The number of anilines is 2. The quantitative estimate of drug-likeness (QED) is 0.835. The summed E-state index contributed by atoms with van der Waals surface area (Å²) >= 11 is 0. The molecule has 0 spiro atoms. The molecule has 1 aromatic carbocycles. The van der Waals surface area contributed by atoms with E-state index in [0.717, 1.165) is 16.8 Å². The van der Waals surface area contributed by atoms with Crippen LogP contribution >= 0.6 is 0 Å². The first-order valence-corrected chi connectivity index (χ1v) is 5.21. The standard InChI is InChI=1S/C12H13N3O2/c1-8-3-4-9(2)10(7-8)13-12(16)14-11-5-6-17-15-11/h3-7H,1-2H3,(H2,13,14,15,16). The maximum atomic E-state index is 11.6. The minimum Gasteiger partial charge on any atom is -0.363 e. The van der Waals surface area contributed by atoms with Gasteiger partial charge in [-0.25, -0.2) is 4.79 Å². The van der Waals surface area contributed by atoms with E-state index in [0.29, 0.717) is 5.82 Å². The lowest BCUT2D eigenvalue weighted by Gasteiger charge is -2.09. The molecule has 0 aliphatic rings. The first-order valence-electron chi connectivity index (χ1n) is 5.21. The van der Waals surface area contributed by atoms with Crippen LogP contribution in [-0.2, 0) is 0 Å². The van der Waals surface area contributed by atoms with Crippen LogP contribution in [0.25, 0.3) is 0 Å². The lowest BCUT2D eigenvalue weighted by Crippen LogP contribution is -2.20. The lowest BCUT2D eigenvalue weighted by atomic mass is 10.1. The van der Waals surface area contributed by atoms with Gasteiger partial charge in [0.25, 0.3) is 0 Å². The van der Waals surface area contributed by atoms with Gasteiger partial charge in [-0.05, 0) is 31.0 Å². The molecule has 2 N–H and O–H groups in total. The fourth-order valence-corrected chi connectivity index (χ4v) is 1.42. The highest BCUT2D eigenvalue weighted by Crippen LogP contribution is 2.16. The highest BCUT2D eigenvalue weighted by atomic mass is 16.5. The summed E-state index contributed by atoms with van der Waals surface area (Å²) in [7, 11) is 0. The molecule has 5 heteroatoms. The zero-order valence-electron chi connectivity index (χ0n) is 9.65. The molecule has 0 unspecified atom stereocenters. The summed E-state index contributed by atoms with van der Waals surface area (Å²) in [4.78, 5) is 11.6. The van der Waals surface area contributed by atoms with E-state index < -0.39 is 0 Å². The normalized spacial score (nSPS) is 10.0. The van der Waals surface area contributed by atoms with E-state index in [-0.39, 0.29) is 6.03 Å². The molecule has 0 bridgehead atoms. The fraction of sp³-hybridized carbons (Fsp3) is 0.167. The second-order valence-electron chi connectivity index (χ2n) is 3.78. The highest BCUT2D eigenvalue weighted by Gasteiger charge is 2.06. The van der Waals surface area contributed by atoms with Crippen LogP contribution in [0.5, 0.6) is 0 Å². The minimum atomic E-state index is -0.340. The number of aromatic nitrogens is 1. The molecule has 88 valence electrons. The van der Waals surface area contributed by atoms with E-state index in [1.807, 2.05) is 32.0 Å². The monoisotopic (exact) mass is 231 g/mol. The predicted molar refractivity (Wildman–Crippen MR) is 65.1 cm³/mol. The Morgan fingerprint density at radius 1 is 1.24 bits per heavy atom. The van der Waals surface area contributed by atoms with Gasteiger partial charge >= 0.3 is 6.03 Å². The van der Waals surface area contributed by atoms with E-state index in [4.69, 9.17) is 0 Å². The number of aryl methyl sites for hydroxylation is 2. The number of amides is 2. The van der Waals surface area contributed by atoms with Crippen molar-refractivity contribution in [1.29, 1.82) is 0 Å². The number of hydrogen-bond acceptors (Lipinski definition) is 3. The zero-order chi connectivity index (χ0) is 12.3. The molecule has 1 aromatic heterocycles. The number of nitrogens with one attached hydrogen (secondary N) is 2. The van der Waals surface area contributed by atoms with Crippen molar-refractivity contribution in [3.8, 4) is 0 Å². The molecule has 17 heavy (non-hydrogen) atoms. The van der Waals surface area contributed by atoms with Crippen LogP contribution in [0.4, 0.5) is 16.3 Å². The summed E-state index contributed by atoms with van der Waals surface area (Å²) in [6, 6.07) is 7.10. The van der Waals surface area contributed by atoms with Crippen LogP contribution in [0.1, 0.15) is 11.1 Å². The Labute approximate surface area is 98.8 Å². The van der Waals surface area contributed by atoms with Crippen molar-refractivity contribution in [1.82, 2.24) is 5.16 Å². The largest absolute Gasteiger partial charge is 0.363 e. The third-order valence-electron chi connectivity index (χ3n) is 2.32. The second-order valence-corrected chi connectivity index (χ2v) is 3.78. The number of carbonyl (C=O) groups excluding carboxylic acids is 1. The maximum absolute atomic E-state index is 11.6. The Morgan fingerprint density at radius 3 is 2.76 bits per heavy atom. The van der Waals surface area contributed by atoms with Crippen molar-refractivity contribution in [2.45, 2.75) is 13.8 Å². The second kappa shape index (κ2) is 4.69. The third kappa shape index (κ3) is 2.84. The number of carbonyl (C=O) groups is 1. The van der Waals surface area contributed by atoms with Crippen molar-refractivity contribution in [3.05, 3.63) is 41.7 Å². The Bertz CT molecular complexity index is 521. The van der Waals surface area contributed by atoms with Crippen molar-refractivity contribution in [2.75, 3.05) is 10.6 Å². The highest BCUT2D eigenvalue weighted by molar-refractivity contribution is 5.99. The zero-order valence-corrected chi connectivity index (χ0v) is 9.65. The number of nitrogens with zero attached hydrogens (tertiary/aromatic N) is 1. The third-order valence-corrected chi connectivity index (χ3v) is 2.32. The number of rotatable bonds is 2. The first kappa shape index (κ1) is 11.2. The van der Waals surface area contributed by atoms with Crippen molar-refractivity contribution < 1.29 is 9.32 Å². The van der Waals surface area contributed by atoms with Crippen LogP contribution in [0, 0.1) is 13.8 Å². The number of benzene rings is 1. The molecule has 0 radical (unpaired) electrons. The van der Waals surface area contributed by atoms with Crippen LogP contribution in [0.2, 0.25) is 0 Å². The Balaban J connectivity index is 2.05. The summed E-state index contributed by atoms with van der Waals surface area (Å²) in [6.45, 7) is 3.91. The lowest BCUT2D eigenvalue weighted by molar-refractivity contribution is 0.262. The molecule has 2 amide bonds. The molecule has 2 rings (SSSR count). The summed E-state index contributed by atoms with van der Waals surface area (Å²) in [6.07, 6.45) is 1.40. The van der Waals surface area contributed by atoms with Gasteiger partial charge in [0.2, 0.25) is 0 Å².